The third kappa shape index (κ3) is 3.33. The Morgan fingerprint density at radius 3 is 2.11 bits per heavy atom. The van der Waals surface area contributed by atoms with Gasteiger partial charge in [-0.1, -0.05) is 31.5 Å². The molecule has 0 unspecified atom stereocenters. The Morgan fingerprint density at radius 2 is 1.67 bits per heavy atom. The van der Waals surface area contributed by atoms with Gasteiger partial charge in [0, 0.05) is 24.7 Å². The Hall–Kier alpha value is -1.35. The van der Waals surface area contributed by atoms with E-state index in [1.54, 1.807) is 0 Å². The summed E-state index contributed by atoms with van der Waals surface area (Å²) in [6.45, 7) is 7.72. The molecule has 0 N–H and O–H groups in total. The van der Waals surface area contributed by atoms with Crippen LogP contribution in [-0.4, -0.2) is 48.9 Å². The Bertz CT molecular complexity index is 378. The first kappa shape index (κ1) is 14.7. The molecular weight excluding hydrogens is 224 g/mol. The highest BCUT2D eigenvalue weighted by Gasteiger charge is 2.32. The van der Waals surface area contributed by atoms with Crippen LogP contribution in [0.25, 0.3) is 0 Å². The van der Waals surface area contributed by atoms with Crippen molar-refractivity contribution in [2.75, 3.05) is 27.2 Å². The molecule has 1 fully saturated rings. The molecule has 2 rings (SSSR count). The second-order valence-electron chi connectivity index (χ2n) is 4.69. The number of carbonyl (C=O) groups excluding carboxylic acids is 1. The summed E-state index contributed by atoms with van der Waals surface area (Å²) < 4.78 is 0. The van der Waals surface area contributed by atoms with Crippen LogP contribution in [0.15, 0.2) is 24.3 Å². The lowest BCUT2D eigenvalue weighted by Crippen LogP contribution is -2.59. The van der Waals surface area contributed by atoms with Gasteiger partial charge in [0.05, 0.1) is 0 Å². The van der Waals surface area contributed by atoms with E-state index in [1.165, 1.54) is 5.56 Å². The van der Waals surface area contributed by atoms with Gasteiger partial charge in [-0.2, -0.15) is 0 Å². The lowest BCUT2D eigenvalue weighted by molar-refractivity contribution is 0.0399. The first-order chi connectivity index (χ1) is 8.58. The molecule has 1 heterocycles. The van der Waals surface area contributed by atoms with Crippen molar-refractivity contribution in [2.24, 2.45) is 0 Å². The SMILES string of the molecule is CC.Cc1ccc(C(=O)N2CC(N(C)C)C2)cc1. The van der Waals surface area contributed by atoms with E-state index in [0.29, 0.717) is 6.04 Å². The zero-order chi connectivity index (χ0) is 13.7. The quantitative estimate of drug-likeness (QED) is 0.802. The van der Waals surface area contributed by atoms with Crippen LogP contribution in [-0.2, 0) is 0 Å². The maximum Gasteiger partial charge on any atom is 0.253 e. The van der Waals surface area contributed by atoms with Crippen molar-refractivity contribution in [3.8, 4) is 0 Å². The molecule has 1 aromatic carbocycles. The summed E-state index contributed by atoms with van der Waals surface area (Å²) in [7, 11) is 4.11. The van der Waals surface area contributed by atoms with Crippen LogP contribution in [0, 0.1) is 6.92 Å². The summed E-state index contributed by atoms with van der Waals surface area (Å²) in [5.74, 6) is 0.151. The van der Waals surface area contributed by atoms with Crippen LogP contribution in [0.1, 0.15) is 29.8 Å². The van der Waals surface area contributed by atoms with Crippen LogP contribution in [0.5, 0.6) is 0 Å². The van der Waals surface area contributed by atoms with E-state index >= 15 is 0 Å². The summed E-state index contributed by atoms with van der Waals surface area (Å²) in [6, 6.07) is 8.29. The van der Waals surface area contributed by atoms with Gasteiger partial charge in [-0.05, 0) is 33.2 Å². The normalized spacial score (nSPS) is 14.9. The summed E-state index contributed by atoms with van der Waals surface area (Å²) in [4.78, 5) is 16.1. The minimum atomic E-state index is 0.151. The highest BCUT2D eigenvalue weighted by molar-refractivity contribution is 5.94. The predicted octanol–water partition coefficient (Wildman–Crippen LogP) is 2.41. The molecule has 0 aliphatic carbocycles. The molecule has 0 atom stereocenters. The summed E-state index contributed by atoms with van der Waals surface area (Å²) >= 11 is 0. The number of likely N-dealkylation sites (tertiary alicyclic amines) is 1. The number of amides is 1. The van der Waals surface area contributed by atoms with Gasteiger partial charge in [-0.3, -0.25) is 4.79 Å². The average Bonchev–Trinajstić information content (AvgIpc) is 2.30. The third-order valence-corrected chi connectivity index (χ3v) is 3.18. The molecule has 0 spiro atoms. The standard InChI is InChI=1S/C13H18N2O.C2H6/c1-10-4-6-11(7-5-10)13(16)15-8-12(9-15)14(2)3;1-2/h4-7,12H,8-9H2,1-3H3;1-2H3. The van der Waals surface area contributed by atoms with Crippen LogP contribution in [0.3, 0.4) is 0 Å². The highest BCUT2D eigenvalue weighted by atomic mass is 16.2. The fourth-order valence-corrected chi connectivity index (χ4v) is 1.83. The summed E-state index contributed by atoms with van der Waals surface area (Å²) in [5, 5.41) is 0. The minimum Gasteiger partial charge on any atom is -0.335 e. The van der Waals surface area contributed by atoms with Crippen molar-refractivity contribution in [3.05, 3.63) is 35.4 Å². The molecule has 3 nitrogen and oxygen atoms in total. The van der Waals surface area contributed by atoms with E-state index in [-0.39, 0.29) is 5.91 Å². The lowest BCUT2D eigenvalue weighted by atomic mass is 10.1. The number of hydrogen-bond donors (Lipinski definition) is 0. The molecule has 0 bridgehead atoms. The van der Waals surface area contributed by atoms with E-state index in [9.17, 15) is 4.79 Å². The number of nitrogens with zero attached hydrogens (tertiary/aromatic N) is 2. The number of hydrogen-bond acceptors (Lipinski definition) is 2. The summed E-state index contributed by atoms with van der Waals surface area (Å²) in [5.41, 5.74) is 1.98. The topological polar surface area (TPSA) is 23.6 Å². The first-order valence-electron chi connectivity index (χ1n) is 6.60. The van der Waals surface area contributed by atoms with Crippen LogP contribution in [0.4, 0.5) is 0 Å². The molecular formula is C15H24N2O. The molecule has 0 radical (unpaired) electrons. The molecule has 0 saturated carbocycles. The van der Waals surface area contributed by atoms with Crippen LogP contribution in [0.2, 0.25) is 0 Å². The largest absolute Gasteiger partial charge is 0.335 e. The second-order valence-corrected chi connectivity index (χ2v) is 4.69. The van der Waals surface area contributed by atoms with Crippen molar-refractivity contribution in [1.29, 1.82) is 0 Å². The Labute approximate surface area is 110 Å². The van der Waals surface area contributed by atoms with Gasteiger partial charge in [-0.25, -0.2) is 0 Å². The molecule has 1 amide bonds. The zero-order valence-corrected chi connectivity index (χ0v) is 12.1. The Morgan fingerprint density at radius 1 is 1.17 bits per heavy atom. The van der Waals surface area contributed by atoms with E-state index in [0.717, 1.165) is 18.7 Å². The Balaban J connectivity index is 0.000000771. The van der Waals surface area contributed by atoms with Gasteiger partial charge in [0.25, 0.3) is 5.91 Å². The van der Waals surface area contributed by atoms with Gasteiger partial charge in [0.2, 0.25) is 0 Å². The number of rotatable bonds is 2. The monoisotopic (exact) mass is 248 g/mol. The maximum atomic E-state index is 12.0. The van der Waals surface area contributed by atoms with Crippen LogP contribution >= 0.6 is 0 Å². The average molecular weight is 248 g/mol. The minimum absolute atomic E-state index is 0.151. The molecule has 1 saturated heterocycles. The fourth-order valence-electron chi connectivity index (χ4n) is 1.83. The molecule has 0 aromatic heterocycles. The fraction of sp³-hybridized carbons (Fsp3) is 0.533. The third-order valence-electron chi connectivity index (χ3n) is 3.18. The van der Waals surface area contributed by atoms with E-state index in [1.807, 2.05) is 49.9 Å². The van der Waals surface area contributed by atoms with Gasteiger partial charge >= 0.3 is 0 Å². The lowest BCUT2D eigenvalue weighted by Gasteiger charge is -2.42. The molecule has 1 aromatic rings. The Kier molecular flexibility index (Phi) is 5.35. The van der Waals surface area contributed by atoms with E-state index < -0.39 is 0 Å². The van der Waals surface area contributed by atoms with Gasteiger partial charge in [0.15, 0.2) is 0 Å². The molecule has 1 aliphatic heterocycles. The number of benzene rings is 1. The second kappa shape index (κ2) is 6.55. The molecule has 100 valence electrons. The van der Waals surface area contributed by atoms with Crippen LogP contribution < -0.4 is 0 Å². The molecule has 3 heteroatoms. The van der Waals surface area contributed by atoms with Gasteiger partial charge in [-0.15, -0.1) is 0 Å². The van der Waals surface area contributed by atoms with Crippen molar-refractivity contribution in [1.82, 2.24) is 9.80 Å². The predicted molar refractivity (Wildman–Crippen MR) is 75.9 cm³/mol. The summed E-state index contributed by atoms with van der Waals surface area (Å²) in [6.07, 6.45) is 0. The van der Waals surface area contributed by atoms with E-state index in [4.69, 9.17) is 0 Å². The number of aryl methyl sites for hydroxylation is 1. The zero-order valence-electron chi connectivity index (χ0n) is 12.1. The van der Waals surface area contributed by atoms with E-state index in [2.05, 4.69) is 19.0 Å². The molecule has 18 heavy (non-hydrogen) atoms. The van der Waals surface area contributed by atoms with Crippen molar-refractivity contribution in [3.63, 3.8) is 0 Å². The van der Waals surface area contributed by atoms with Crippen molar-refractivity contribution in [2.45, 2.75) is 26.8 Å². The molecule has 1 aliphatic rings. The number of likely N-dealkylation sites (N-methyl/N-ethyl adjacent to an activating group) is 1. The number of carbonyl (C=O) groups is 1. The highest BCUT2D eigenvalue weighted by Crippen LogP contribution is 2.16. The first-order valence-corrected chi connectivity index (χ1v) is 6.60. The van der Waals surface area contributed by atoms with Crippen molar-refractivity contribution < 1.29 is 4.79 Å². The van der Waals surface area contributed by atoms with Gasteiger partial charge < -0.3 is 9.80 Å². The smallest absolute Gasteiger partial charge is 0.253 e. The van der Waals surface area contributed by atoms with Crippen molar-refractivity contribution >= 4 is 5.91 Å². The van der Waals surface area contributed by atoms with Gasteiger partial charge in [0.1, 0.15) is 0 Å². The maximum absolute atomic E-state index is 12.0.